The zero-order chi connectivity index (χ0) is 14.0. The second-order valence-corrected chi connectivity index (χ2v) is 4.18. The molecule has 19 heavy (non-hydrogen) atoms. The van der Waals surface area contributed by atoms with E-state index in [1.54, 1.807) is 39.0 Å². The largest absolute Gasteiger partial charge is 0.435 e. The summed E-state index contributed by atoms with van der Waals surface area (Å²) in [5, 5.41) is 0. The van der Waals surface area contributed by atoms with Gasteiger partial charge in [-0.2, -0.15) is 4.98 Å². The highest BCUT2D eigenvalue weighted by Gasteiger charge is 2.13. The average Bonchev–Trinajstić information content (AvgIpc) is 2.38. The van der Waals surface area contributed by atoms with Gasteiger partial charge in [0.2, 0.25) is 5.88 Å². The summed E-state index contributed by atoms with van der Waals surface area (Å²) in [5.74, 6) is 6.32. The molecule has 100 valence electrons. The van der Waals surface area contributed by atoms with Gasteiger partial charge in [-0.1, -0.05) is 12.1 Å². The summed E-state index contributed by atoms with van der Waals surface area (Å²) in [5.41, 5.74) is 3.59. The van der Waals surface area contributed by atoms with Crippen molar-refractivity contribution in [3.05, 3.63) is 41.0 Å². The fourth-order valence-corrected chi connectivity index (χ4v) is 1.65. The van der Waals surface area contributed by atoms with Gasteiger partial charge >= 0.3 is 0 Å². The van der Waals surface area contributed by atoms with E-state index in [9.17, 15) is 4.39 Å². The van der Waals surface area contributed by atoms with Gasteiger partial charge in [-0.05, 0) is 32.4 Å². The summed E-state index contributed by atoms with van der Waals surface area (Å²) in [6.07, 6.45) is 0. The molecule has 0 amide bonds. The van der Waals surface area contributed by atoms with Crippen LogP contribution in [0.5, 0.6) is 11.6 Å². The molecule has 0 radical (unpaired) electrons. The third kappa shape index (κ3) is 2.63. The Balaban J connectivity index is 2.43. The fraction of sp³-hybridized carbons (Fsp3) is 0.231. The summed E-state index contributed by atoms with van der Waals surface area (Å²) in [6.45, 7) is 5.13. The predicted molar refractivity (Wildman–Crippen MR) is 70.5 cm³/mol. The van der Waals surface area contributed by atoms with Crippen molar-refractivity contribution in [3.8, 4) is 11.6 Å². The smallest absolute Gasteiger partial charge is 0.227 e. The van der Waals surface area contributed by atoms with E-state index < -0.39 is 5.82 Å². The first kappa shape index (κ1) is 13.2. The second kappa shape index (κ2) is 5.19. The molecule has 0 aliphatic rings. The minimum absolute atomic E-state index is 0.129. The molecule has 0 fully saturated rings. The maximum atomic E-state index is 13.9. The van der Waals surface area contributed by atoms with Crippen molar-refractivity contribution in [2.75, 3.05) is 5.43 Å². The van der Waals surface area contributed by atoms with Crippen LogP contribution >= 0.6 is 0 Å². The number of ether oxygens (including phenoxy) is 1. The highest BCUT2D eigenvalue weighted by Crippen LogP contribution is 2.29. The van der Waals surface area contributed by atoms with Crippen molar-refractivity contribution in [3.63, 3.8) is 0 Å². The maximum Gasteiger partial charge on any atom is 0.227 e. The van der Waals surface area contributed by atoms with Crippen LogP contribution < -0.4 is 16.0 Å². The number of nitrogens with two attached hydrogens (primary N) is 1. The number of aryl methyl sites for hydroxylation is 2. The lowest BCUT2D eigenvalue weighted by molar-refractivity contribution is 0.420. The molecule has 3 N–H and O–H groups in total. The van der Waals surface area contributed by atoms with E-state index in [1.807, 2.05) is 0 Å². The summed E-state index contributed by atoms with van der Waals surface area (Å²) in [4.78, 5) is 8.26. The van der Waals surface area contributed by atoms with E-state index in [0.29, 0.717) is 22.8 Å². The Bertz CT molecular complexity index is 616. The van der Waals surface area contributed by atoms with Crippen molar-refractivity contribution >= 4 is 5.82 Å². The van der Waals surface area contributed by atoms with Crippen LogP contribution in [-0.2, 0) is 0 Å². The van der Waals surface area contributed by atoms with Gasteiger partial charge < -0.3 is 10.2 Å². The molecule has 1 aromatic heterocycles. The van der Waals surface area contributed by atoms with E-state index >= 15 is 0 Å². The Morgan fingerprint density at radius 2 is 1.95 bits per heavy atom. The van der Waals surface area contributed by atoms with Crippen LogP contribution in [0.3, 0.4) is 0 Å². The van der Waals surface area contributed by atoms with Crippen molar-refractivity contribution in [1.82, 2.24) is 9.97 Å². The molecule has 5 nitrogen and oxygen atoms in total. The Morgan fingerprint density at radius 1 is 1.21 bits per heavy atom. The first-order valence-electron chi connectivity index (χ1n) is 5.77. The van der Waals surface area contributed by atoms with Gasteiger partial charge in [0.1, 0.15) is 11.6 Å². The number of halogens is 1. The number of benzene rings is 1. The van der Waals surface area contributed by atoms with Crippen LogP contribution in [-0.4, -0.2) is 9.97 Å². The zero-order valence-electron chi connectivity index (χ0n) is 11.0. The molecule has 0 saturated heterocycles. The van der Waals surface area contributed by atoms with E-state index in [2.05, 4.69) is 15.4 Å². The number of hydrogen-bond acceptors (Lipinski definition) is 5. The molecule has 1 aromatic carbocycles. The molecule has 6 heteroatoms. The number of hydrogen-bond donors (Lipinski definition) is 2. The predicted octanol–water partition coefficient (Wildman–Crippen LogP) is 2.62. The van der Waals surface area contributed by atoms with Crippen LogP contribution in [0.4, 0.5) is 10.2 Å². The number of rotatable bonds is 3. The first-order chi connectivity index (χ1) is 9.02. The van der Waals surface area contributed by atoms with E-state index in [4.69, 9.17) is 10.6 Å². The van der Waals surface area contributed by atoms with E-state index in [0.717, 1.165) is 0 Å². The molecular weight excluding hydrogens is 247 g/mol. The van der Waals surface area contributed by atoms with Crippen LogP contribution in [0.2, 0.25) is 0 Å². The molecule has 0 aliphatic carbocycles. The third-order valence-electron chi connectivity index (χ3n) is 2.71. The molecule has 1 heterocycles. The molecular formula is C13H15FN4O. The van der Waals surface area contributed by atoms with Gasteiger partial charge in [-0.25, -0.2) is 15.2 Å². The lowest BCUT2D eigenvalue weighted by Crippen LogP contribution is -2.12. The monoisotopic (exact) mass is 262 g/mol. The number of anilines is 1. The van der Waals surface area contributed by atoms with Crippen LogP contribution in [0.1, 0.15) is 17.0 Å². The molecule has 0 spiro atoms. The summed E-state index contributed by atoms with van der Waals surface area (Å²) < 4.78 is 19.4. The number of hydrazine groups is 1. The fourth-order valence-electron chi connectivity index (χ4n) is 1.65. The number of nitrogen functional groups attached to an aromatic ring is 1. The lowest BCUT2D eigenvalue weighted by atomic mass is 10.2. The Morgan fingerprint density at radius 3 is 2.63 bits per heavy atom. The van der Waals surface area contributed by atoms with Gasteiger partial charge in [0.05, 0.1) is 5.56 Å². The van der Waals surface area contributed by atoms with E-state index in [1.165, 1.54) is 0 Å². The molecule has 0 aliphatic heterocycles. The maximum absolute atomic E-state index is 13.9. The average molecular weight is 262 g/mol. The van der Waals surface area contributed by atoms with Gasteiger partial charge in [0.15, 0.2) is 11.6 Å². The zero-order valence-corrected chi connectivity index (χ0v) is 11.0. The van der Waals surface area contributed by atoms with Gasteiger partial charge in [0.25, 0.3) is 0 Å². The van der Waals surface area contributed by atoms with Crippen LogP contribution in [0, 0.1) is 26.6 Å². The normalized spacial score (nSPS) is 10.4. The summed E-state index contributed by atoms with van der Waals surface area (Å²) in [7, 11) is 0. The highest BCUT2D eigenvalue weighted by atomic mass is 19.1. The standard InChI is InChI=1S/C13H15FN4O/c1-7-5-4-6-10(11(7)14)19-13-8(2)12(18-15)16-9(3)17-13/h4-6H,15H2,1-3H3,(H,16,17,18). The minimum Gasteiger partial charge on any atom is -0.435 e. The first-order valence-corrected chi connectivity index (χ1v) is 5.77. The molecule has 0 atom stereocenters. The van der Waals surface area contributed by atoms with Crippen LogP contribution in [0.25, 0.3) is 0 Å². The lowest BCUT2D eigenvalue weighted by Gasteiger charge is -2.12. The highest BCUT2D eigenvalue weighted by molar-refractivity contribution is 5.49. The summed E-state index contributed by atoms with van der Waals surface area (Å²) in [6, 6.07) is 4.95. The van der Waals surface area contributed by atoms with Crippen molar-refractivity contribution in [2.45, 2.75) is 20.8 Å². The van der Waals surface area contributed by atoms with Crippen LogP contribution in [0.15, 0.2) is 18.2 Å². The summed E-state index contributed by atoms with van der Waals surface area (Å²) >= 11 is 0. The molecule has 2 rings (SSSR count). The van der Waals surface area contributed by atoms with E-state index in [-0.39, 0.29) is 11.6 Å². The van der Waals surface area contributed by atoms with Crippen molar-refractivity contribution < 1.29 is 9.13 Å². The third-order valence-corrected chi connectivity index (χ3v) is 2.71. The Labute approximate surface area is 110 Å². The van der Waals surface area contributed by atoms with Gasteiger partial charge in [-0.15, -0.1) is 0 Å². The number of nitrogens with zero attached hydrogens (tertiary/aromatic N) is 2. The molecule has 0 bridgehead atoms. The van der Waals surface area contributed by atoms with Gasteiger partial charge in [-0.3, -0.25) is 0 Å². The quantitative estimate of drug-likeness (QED) is 0.657. The molecule has 2 aromatic rings. The molecule has 0 saturated carbocycles. The second-order valence-electron chi connectivity index (χ2n) is 4.18. The number of aromatic nitrogens is 2. The topological polar surface area (TPSA) is 73.1 Å². The SMILES string of the molecule is Cc1nc(NN)c(C)c(Oc2cccc(C)c2F)n1. The Hall–Kier alpha value is -2.21. The molecule has 0 unspecified atom stereocenters. The van der Waals surface area contributed by atoms with Gasteiger partial charge in [0, 0.05) is 0 Å². The Kier molecular flexibility index (Phi) is 3.62. The van der Waals surface area contributed by atoms with Crippen molar-refractivity contribution in [2.24, 2.45) is 5.84 Å². The minimum atomic E-state index is -0.402. The van der Waals surface area contributed by atoms with Crippen molar-refractivity contribution in [1.29, 1.82) is 0 Å². The number of nitrogens with one attached hydrogen (secondary N) is 1.